The summed E-state index contributed by atoms with van der Waals surface area (Å²) in [6.45, 7) is 0. The van der Waals surface area contributed by atoms with E-state index < -0.39 is 6.04 Å². The monoisotopic (exact) mass is 306 g/mol. The van der Waals surface area contributed by atoms with Gasteiger partial charge in [0.05, 0.1) is 6.04 Å². The van der Waals surface area contributed by atoms with Crippen LogP contribution in [0.4, 0.5) is 5.69 Å². The van der Waals surface area contributed by atoms with E-state index in [2.05, 4.69) is 0 Å². The minimum Gasteiger partial charge on any atom is -0.318 e. The third kappa shape index (κ3) is 2.08. The largest absolute Gasteiger partial charge is 0.318 e. The first kappa shape index (κ1) is 13.4. The summed E-state index contributed by atoms with van der Waals surface area (Å²) in [7, 11) is 0. The maximum atomic E-state index is 12.1. The Morgan fingerprint density at radius 3 is 2.30 bits per heavy atom. The molecule has 3 rings (SSSR count). The first-order chi connectivity index (χ1) is 9.59. The lowest BCUT2D eigenvalue weighted by Gasteiger charge is -2.45. The van der Waals surface area contributed by atoms with Crippen LogP contribution in [0, 0.1) is 0 Å². The van der Waals surface area contributed by atoms with E-state index in [1.165, 1.54) is 0 Å². The van der Waals surface area contributed by atoms with Crippen LogP contribution in [-0.2, 0) is 4.79 Å². The number of carbonyl (C=O) groups excluding carboxylic acids is 1. The highest BCUT2D eigenvalue weighted by molar-refractivity contribution is 6.31. The Morgan fingerprint density at radius 1 is 1.00 bits per heavy atom. The van der Waals surface area contributed by atoms with E-state index in [1.54, 1.807) is 35.2 Å². The van der Waals surface area contributed by atoms with Crippen LogP contribution in [0.15, 0.2) is 48.5 Å². The zero-order chi connectivity index (χ0) is 14.3. The molecule has 0 aliphatic carbocycles. The molecular weight excluding hydrogens is 295 g/mol. The van der Waals surface area contributed by atoms with Crippen molar-refractivity contribution in [2.45, 2.75) is 12.1 Å². The van der Waals surface area contributed by atoms with Crippen LogP contribution in [-0.4, -0.2) is 11.9 Å². The highest BCUT2D eigenvalue weighted by atomic mass is 35.5. The number of halogens is 2. The summed E-state index contributed by atoms with van der Waals surface area (Å²) >= 11 is 12.1. The highest BCUT2D eigenvalue weighted by Gasteiger charge is 2.47. The molecule has 2 atom stereocenters. The van der Waals surface area contributed by atoms with E-state index in [0.717, 1.165) is 11.3 Å². The summed E-state index contributed by atoms with van der Waals surface area (Å²) in [5, 5.41) is 1.24. The second-order valence-corrected chi connectivity index (χ2v) is 5.52. The number of carbonyl (C=O) groups is 1. The average molecular weight is 307 g/mol. The predicted molar refractivity (Wildman–Crippen MR) is 81.1 cm³/mol. The molecule has 1 amide bonds. The minimum atomic E-state index is -0.564. The van der Waals surface area contributed by atoms with Crippen molar-refractivity contribution in [2.75, 3.05) is 4.90 Å². The molecule has 102 valence electrons. The van der Waals surface area contributed by atoms with Gasteiger partial charge in [0, 0.05) is 15.7 Å². The minimum absolute atomic E-state index is 0.114. The van der Waals surface area contributed by atoms with Crippen molar-refractivity contribution < 1.29 is 4.79 Å². The van der Waals surface area contributed by atoms with Crippen molar-refractivity contribution in [3.8, 4) is 0 Å². The van der Waals surface area contributed by atoms with Gasteiger partial charge < -0.3 is 10.6 Å². The van der Waals surface area contributed by atoms with Gasteiger partial charge in [0.1, 0.15) is 6.04 Å². The standard InChI is InChI=1S/C15H12Cl2N2O/c16-9-5-7-10(8-6-9)19-14(13(18)15(19)20)11-3-1-2-4-12(11)17/h1-8,13-14H,18H2. The van der Waals surface area contributed by atoms with E-state index in [4.69, 9.17) is 28.9 Å². The normalized spacial score (nSPS) is 21.8. The quantitative estimate of drug-likeness (QED) is 0.864. The van der Waals surface area contributed by atoms with Gasteiger partial charge in [-0.2, -0.15) is 0 Å². The molecule has 1 fully saturated rings. The SMILES string of the molecule is NC1C(=O)N(c2ccc(Cl)cc2)C1c1ccccc1Cl. The number of β-lactam (4-membered cyclic amide) rings is 1. The molecule has 1 aliphatic heterocycles. The number of benzene rings is 2. The zero-order valence-corrected chi connectivity index (χ0v) is 12.0. The third-order valence-electron chi connectivity index (χ3n) is 3.47. The van der Waals surface area contributed by atoms with Crippen molar-refractivity contribution in [2.24, 2.45) is 5.73 Å². The van der Waals surface area contributed by atoms with Crippen LogP contribution < -0.4 is 10.6 Å². The highest BCUT2D eigenvalue weighted by Crippen LogP contribution is 2.40. The van der Waals surface area contributed by atoms with Gasteiger partial charge in [0.25, 0.3) is 0 Å². The molecule has 2 aromatic rings. The van der Waals surface area contributed by atoms with Crippen LogP contribution in [0.1, 0.15) is 11.6 Å². The second kappa shape index (κ2) is 5.09. The van der Waals surface area contributed by atoms with Crippen LogP contribution in [0.2, 0.25) is 10.0 Å². The number of nitrogens with zero attached hydrogens (tertiary/aromatic N) is 1. The predicted octanol–water partition coefficient (Wildman–Crippen LogP) is 3.41. The van der Waals surface area contributed by atoms with Gasteiger partial charge in [-0.05, 0) is 35.9 Å². The smallest absolute Gasteiger partial charge is 0.247 e. The first-order valence-corrected chi connectivity index (χ1v) is 6.94. The first-order valence-electron chi connectivity index (χ1n) is 6.18. The molecule has 0 bridgehead atoms. The lowest BCUT2D eigenvalue weighted by atomic mass is 9.88. The molecule has 1 aliphatic rings. The molecular formula is C15H12Cl2N2O. The number of hydrogen-bond donors (Lipinski definition) is 1. The molecule has 0 aromatic heterocycles. The van der Waals surface area contributed by atoms with Crippen LogP contribution in [0.5, 0.6) is 0 Å². The maximum Gasteiger partial charge on any atom is 0.247 e. The van der Waals surface area contributed by atoms with Gasteiger partial charge in [-0.3, -0.25) is 4.79 Å². The van der Waals surface area contributed by atoms with E-state index in [0.29, 0.717) is 10.0 Å². The Bertz CT molecular complexity index is 657. The number of rotatable bonds is 2. The van der Waals surface area contributed by atoms with Gasteiger partial charge >= 0.3 is 0 Å². The fourth-order valence-corrected chi connectivity index (χ4v) is 2.82. The number of hydrogen-bond acceptors (Lipinski definition) is 2. The van der Waals surface area contributed by atoms with E-state index >= 15 is 0 Å². The summed E-state index contributed by atoms with van der Waals surface area (Å²) < 4.78 is 0. The number of amides is 1. The lowest BCUT2D eigenvalue weighted by molar-refractivity contribution is -0.126. The van der Waals surface area contributed by atoms with Crippen molar-refractivity contribution in [1.29, 1.82) is 0 Å². The molecule has 0 saturated carbocycles. The van der Waals surface area contributed by atoms with Gasteiger partial charge in [0.2, 0.25) is 5.91 Å². The maximum absolute atomic E-state index is 12.1. The molecule has 20 heavy (non-hydrogen) atoms. The van der Waals surface area contributed by atoms with Gasteiger partial charge in [0.15, 0.2) is 0 Å². The van der Waals surface area contributed by atoms with Crippen molar-refractivity contribution in [3.05, 3.63) is 64.1 Å². The summed E-state index contributed by atoms with van der Waals surface area (Å²) in [5.41, 5.74) is 7.58. The average Bonchev–Trinajstić information content (AvgIpc) is 2.46. The Kier molecular flexibility index (Phi) is 3.42. The molecule has 2 N–H and O–H groups in total. The van der Waals surface area contributed by atoms with E-state index in [-0.39, 0.29) is 11.9 Å². The van der Waals surface area contributed by atoms with Crippen molar-refractivity contribution >= 4 is 34.8 Å². The summed E-state index contributed by atoms with van der Waals surface area (Å²) in [6.07, 6.45) is 0. The summed E-state index contributed by atoms with van der Waals surface area (Å²) in [6, 6.07) is 13.7. The molecule has 2 unspecified atom stereocenters. The van der Waals surface area contributed by atoms with Gasteiger partial charge in [-0.25, -0.2) is 0 Å². The second-order valence-electron chi connectivity index (χ2n) is 4.68. The Labute approximate surface area is 126 Å². The summed E-state index contributed by atoms with van der Waals surface area (Å²) in [4.78, 5) is 13.7. The van der Waals surface area contributed by atoms with Gasteiger partial charge in [-0.1, -0.05) is 41.4 Å². The van der Waals surface area contributed by atoms with E-state index in [9.17, 15) is 4.79 Å². The topological polar surface area (TPSA) is 46.3 Å². The molecule has 5 heteroatoms. The number of anilines is 1. The molecule has 2 aromatic carbocycles. The molecule has 3 nitrogen and oxygen atoms in total. The Balaban J connectivity index is 2.00. The fraction of sp³-hybridized carbons (Fsp3) is 0.133. The molecule has 1 heterocycles. The lowest BCUT2D eigenvalue weighted by Crippen LogP contribution is -2.63. The van der Waals surface area contributed by atoms with Crippen LogP contribution in [0.25, 0.3) is 0 Å². The fourth-order valence-electron chi connectivity index (χ4n) is 2.45. The zero-order valence-electron chi connectivity index (χ0n) is 10.5. The van der Waals surface area contributed by atoms with Crippen molar-refractivity contribution in [3.63, 3.8) is 0 Å². The van der Waals surface area contributed by atoms with Gasteiger partial charge in [-0.15, -0.1) is 0 Å². The molecule has 0 spiro atoms. The van der Waals surface area contributed by atoms with Crippen LogP contribution in [0.3, 0.4) is 0 Å². The molecule has 0 radical (unpaired) electrons. The third-order valence-corrected chi connectivity index (χ3v) is 4.07. The van der Waals surface area contributed by atoms with Crippen molar-refractivity contribution in [1.82, 2.24) is 0 Å². The van der Waals surface area contributed by atoms with E-state index in [1.807, 2.05) is 18.2 Å². The van der Waals surface area contributed by atoms with Crippen LogP contribution >= 0.6 is 23.2 Å². The Hall–Kier alpha value is -1.55. The Morgan fingerprint density at radius 2 is 1.65 bits per heavy atom. The molecule has 1 saturated heterocycles. The summed E-state index contributed by atoms with van der Waals surface area (Å²) in [5.74, 6) is -0.114. The number of nitrogens with two attached hydrogens (primary N) is 1.